The Hall–Kier alpha value is -7.43. The molecule has 10 aromatic rings. The standard InChI is InChI=1S/C54H37N3O/c1-54(2)47-25-10-9-20-43(47)44-31-30-40(33-48(44)54)42-22-13-24-46-45-23-12-21-41(49(45)58-50(42)46)39-19-11-18-38(32-39)34-26-28-37(29-27-34)53-56-51(35-14-5-3-6-15-35)55-52(57-53)36-16-7-4-8-17-36/h3-33H,1-2H3. The maximum atomic E-state index is 6.93. The Bertz CT molecular complexity index is 3120. The van der Waals surface area contributed by atoms with Gasteiger partial charge in [0, 0.05) is 44.0 Å². The van der Waals surface area contributed by atoms with Gasteiger partial charge in [0.15, 0.2) is 17.5 Å². The average Bonchev–Trinajstić information content (AvgIpc) is 3.79. The van der Waals surface area contributed by atoms with E-state index >= 15 is 0 Å². The molecule has 0 bridgehead atoms. The first-order valence-corrected chi connectivity index (χ1v) is 19.8. The second-order valence-corrected chi connectivity index (χ2v) is 15.6. The number of hydrogen-bond acceptors (Lipinski definition) is 4. The molecular formula is C54H37N3O. The Morgan fingerprint density at radius 1 is 0.328 bits per heavy atom. The number of aromatic nitrogens is 3. The molecule has 0 N–H and O–H groups in total. The molecule has 2 aromatic heterocycles. The van der Waals surface area contributed by atoms with E-state index in [4.69, 9.17) is 19.4 Å². The van der Waals surface area contributed by atoms with Crippen LogP contribution < -0.4 is 0 Å². The van der Waals surface area contributed by atoms with Crippen LogP contribution in [0.5, 0.6) is 0 Å². The first-order valence-electron chi connectivity index (χ1n) is 19.8. The van der Waals surface area contributed by atoms with Crippen LogP contribution in [0, 0.1) is 0 Å². The molecule has 4 nitrogen and oxygen atoms in total. The Balaban J connectivity index is 0.951. The van der Waals surface area contributed by atoms with Crippen LogP contribution in [0.3, 0.4) is 0 Å². The molecule has 1 aliphatic carbocycles. The lowest BCUT2D eigenvalue weighted by Gasteiger charge is -2.22. The van der Waals surface area contributed by atoms with Crippen LogP contribution in [0.15, 0.2) is 192 Å². The van der Waals surface area contributed by atoms with Crippen molar-refractivity contribution in [3.05, 3.63) is 199 Å². The smallest absolute Gasteiger partial charge is 0.164 e. The second-order valence-electron chi connectivity index (χ2n) is 15.6. The Morgan fingerprint density at radius 3 is 1.38 bits per heavy atom. The number of benzene rings is 8. The third-order valence-corrected chi connectivity index (χ3v) is 11.8. The van der Waals surface area contributed by atoms with Gasteiger partial charge in [-0.1, -0.05) is 190 Å². The Kier molecular flexibility index (Phi) is 7.80. The highest BCUT2D eigenvalue weighted by Crippen LogP contribution is 2.50. The van der Waals surface area contributed by atoms with Gasteiger partial charge in [0.1, 0.15) is 11.2 Å². The summed E-state index contributed by atoms with van der Waals surface area (Å²) in [5.41, 5.74) is 16.6. The molecule has 58 heavy (non-hydrogen) atoms. The average molecular weight is 744 g/mol. The lowest BCUT2D eigenvalue weighted by molar-refractivity contribution is 0.660. The van der Waals surface area contributed by atoms with E-state index in [1.165, 1.54) is 27.8 Å². The number of hydrogen-bond donors (Lipinski definition) is 0. The quantitative estimate of drug-likeness (QED) is 0.170. The lowest BCUT2D eigenvalue weighted by Crippen LogP contribution is -2.14. The molecule has 8 aromatic carbocycles. The topological polar surface area (TPSA) is 51.8 Å². The molecule has 0 saturated heterocycles. The monoisotopic (exact) mass is 743 g/mol. The van der Waals surface area contributed by atoms with E-state index in [1.807, 2.05) is 60.7 Å². The molecule has 0 spiro atoms. The van der Waals surface area contributed by atoms with Gasteiger partial charge in [-0.15, -0.1) is 0 Å². The third-order valence-electron chi connectivity index (χ3n) is 11.8. The van der Waals surface area contributed by atoms with E-state index in [1.54, 1.807) is 0 Å². The summed E-state index contributed by atoms with van der Waals surface area (Å²) in [4.78, 5) is 14.7. The summed E-state index contributed by atoms with van der Waals surface area (Å²) < 4.78 is 6.93. The number of para-hydroxylation sites is 2. The molecule has 0 fully saturated rings. The minimum atomic E-state index is -0.0766. The van der Waals surface area contributed by atoms with Gasteiger partial charge in [-0.2, -0.15) is 0 Å². The molecule has 274 valence electrons. The highest BCUT2D eigenvalue weighted by Gasteiger charge is 2.35. The first-order chi connectivity index (χ1) is 28.5. The summed E-state index contributed by atoms with van der Waals surface area (Å²) in [5, 5.41) is 2.23. The third kappa shape index (κ3) is 5.56. The van der Waals surface area contributed by atoms with Crippen molar-refractivity contribution < 1.29 is 4.42 Å². The predicted octanol–water partition coefficient (Wildman–Crippen LogP) is 14.1. The lowest BCUT2D eigenvalue weighted by atomic mass is 9.81. The number of rotatable bonds is 6. The highest BCUT2D eigenvalue weighted by molar-refractivity contribution is 6.13. The van der Waals surface area contributed by atoms with E-state index in [2.05, 4.69) is 141 Å². The molecule has 0 amide bonds. The predicted molar refractivity (Wildman–Crippen MR) is 237 cm³/mol. The van der Waals surface area contributed by atoms with Gasteiger partial charge in [0.05, 0.1) is 0 Å². The fourth-order valence-electron chi connectivity index (χ4n) is 8.76. The van der Waals surface area contributed by atoms with Crippen LogP contribution in [-0.2, 0) is 5.41 Å². The van der Waals surface area contributed by atoms with Crippen LogP contribution in [0.1, 0.15) is 25.0 Å². The first kappa shape index (κ1) is 33.9. The van der Waals surface area contributed by atoms with Crippen molar-refractivity contribution in [2.24, 2.45) is 0 Å². The van der Waals surface area contributed by atoms with Crippen molar-refractivity contribution in [3.63, 3.8) is 0 Å². The molecule has 1 aliphatic rings. The van der Waals surface area contributed by atoms with Gasteiger partial charge < -0.3 is 4.42 Å². The maximum Gasteiger partial charge on any atom is 0.164 e. The summed E-state index contributed by atoms with van der Waals surface area (Å²) in [7, 11) is 0. The molecule has 0 unspecified atom stereocenters. The van der Waals surface area contributed by atoms with E-state index < -0.39 is 0 Å². The molecule has 0 aliphatic heterocycles. The van der Waals surface area contributed by atoms with Crippen molar-refractivity contribution in [2.45, 2.75) is 19.3 Å². The van der Waals surface area contributed by atoms with E-state index in [0.29, 0.717) is 17.5 Å². The van der Waals surface area contributed by atoms with Crippen LogP contribution in [0.4, 0.5) is 0 Å². The number of furan rings is 1. The van der Waals surface area contributed by atoms with Crippen molar-refractivity contribution in [3.8, 4) is 78.7 Å². The number of nitrogens with zero attached hydrogens (tertiary/aromatic N) is 3. The molecule has 0 saturated carbocycles. The summed E-state index contributed by atoms with van der Waals surface area (Å²) >= 11 is 0. The highest BCUT2D eigenvalue weighted by atomic mass is 16.3. The minimum Gasteiger partial charge on any atom is -0.455 e. The molecule has 4 heteroatoms. The summed E-state index contributed by atoms with van der Waals surface area (Å²) in [5.74, 6) is 1.93. The van der Waals surface area contributed by atoms with Crippen molar-refractivity contribution >= 4 is 21.9 Å². The number of fused-ring (bicyclic) bond motifs is 6. The summed E-state index contributed by atoms with van der Waals surface area (Å²) in [6, 6.07) is 66.0. The maximum absolute atomic E-state index is 6.93. The van der Waals surface area contributed by atoms with Crippen LogP contribution >= 0.6 is 0 Å². The largest absolute Gasteiger partial charge is 0.455 e. The van der Waals surface area contributed by atoms with Gasteiger partial charge >= 0.3 is 0 Å². The SMILES string of the molecule is CC1(C)c2ccccc2-c2ccc(-c3cccc4c3oc3c(-c5cccc(-c6ccc(-c7nc(-c8ccccc8)nc(-c8ccccc8)n7)cc6)c5)cccc34)cc21. The Labute approximate surface area is 337 Å². The normalized spacial score (nSPS) is 12.8. The van der Waals surface area contributed by atoms with Crippen molar-refractivity contribution in [1.29, 1.82) is 0 Å². The minimum absolute atomic E-state index is 0.0766. The zero-order valence-electron chi connectivity index (χ0n) is 32.1. The molecule has 2 heterocycles. The molecule has 11 rings (SSSR count). The van der Waals surface area contributed by atoms with Gasteiger partial charge in [-0.25, -0.2) is 15.0 Å². The molecule has 0 atom stereocenters. The van der Waals surface area contributed by atoms with E-state index in [9.17, 15) is 0 Å². The van der Waals surface area contributed by atoms with Crippen LogP contribution in [0.2, 0.25) is 0 Å². The fourth-order valence-corrected chi connectivity index (χ4v) is 8.76. The van der Waals surface area contributed by atoms with Gasteiger partial charge in [0.25, 0.3) is 0 Å². The van der Waals surface area contributed by atoms with Gasteiger partial charge in [-0.05, 0) is 56.6 Å². The van der Waals surface area contributed by atoms with E-state index in [0.717, 1.165) is 66.4 Å². The Morgan fingerprint density at radius 2 is 0.759 bits per heavy atom. The molecule has 0 radical (unpaired) electrons. The second kappa shape index (κ2) is 13.4. The summed E-state index contributed by atoms with van der Waals surface area (Å²) in [6.07, 6.45) is 0. The van der Waals surface area contributed by atoms with Crippen LogP contribution in [-0.4, -0.2) is 15.0 Å². The van der Waals surface area contributed by atoms with Crippen LogP contribution in [0.25, 0.3) is 101 Å². The van der Waals surface area contributed by atoms with Crippen molar-refractivity contribution in [2.75, 3.05) is 0 Å². The van der Waals surface area contributed by atoms with Gasteiger partial charge in [0.2, 0.25) is 0 Å². The van der Waals surface area contributed by atoms with Crippen molar-refractivity contribution in [1.82, 2.24) is 15.0 Å². The zero-order valence-corrected chi connectivity index (χ0v) is 32.1. The molecular weight excluding hydrogens is 707 g/mol. The summed E-state index contributed by atoms with van der Waals surface area (Å²) in [6.45, 7) is 4.66. The fraction of sp³-hybridized carbons (Fsp3) is 0.0556. The van der Waals surface area contributed by atoms with Gasteiger partial charge in [-0.3, -0.25) is 0 Å². The van der Waals surface area contributed by atoms with E-state index in [-0.39, 0.29) is 5.41 Å². The zero-order chi connectivity index (χ0) is 38.8.